The van der Waals surface area contributed by atoms with E-state index in [1.165, 1.54) is 0 Å². The van der Waals surface area contributed by atoms with Crippen LogP contribution in [-0.4, -0.2) is 84.9 Å². The minimum absolute atomic E-state index is 0.0573. The minimum Gasteiger partial charge on any atom is -0.508 e. The number of fused-ring (bicyclic) bond motifs is 2. The van der Waals surface area contributed by atoms with Crippen molar-refractivity contribution < 1.29 is 19.5 Å². The van der Waals surface area contributed by atoms with Crippen LogP contribution in [0.5, 0.6) is 5.75 Å². The number of urea groups is 1. The van der Waals surface area contributed by atoms with Gasteiger partial charge in [-0.2, -0.15) is 5.10 Å². The van der Waals surface area contributed by atoms with Gasteiger partial charge in [-0.1, -0.05) is 72.8 Å². The van der Waals surface area contributed by atoms with Crippen molar-refractivity contribution >= 4 is 34.4 Å². The third-order valence-corrected chi connectivity index (χ3v) is 9.22. The second kappa shape index (κ2) is 13.3. The zero-order valence-corrected chi connectivity index (χ0v) is 27.1. The van der Waals surface area contributed by atoms with Gasteiger partial charge in [-0.05, 0) is 46.5 Å². The number of piperazine rings is 1. The Kier molecular flexibility index (Phi) is 8.62. The first kappa shape index (κ1) is 31.7. The highest BCUT2D eigenvalue weighted by atomic mass is 16.3. The second-order valence-corrected chi connectivity index (χ2v) is 12.6. The average Bonchev–Trinajstić information content (AvgIpc) is 3.51. The van der Waals surface area contributed by atoms with E-state index >= 15 is 0 Å². The number of aromatic hydroxyl groups is 1. The number of likely N-dealkylation sites (N-methyl/N-ethyl adjacent to an activating group) is 1. The summed E-state index contributed by atoms with van der Waals surface area (Å²) in [5, 5.41) is 21.7. The molecule has 4 N–H and O–H groups in total. The first-order valence-corrected chi connectivity index (χ1v) is 16.2. The molecule has 12 nitrogen and oxygen atoms in total. The van der Waals surface area contributed by atoms with Gasteiger partial charge in [0, 0.05) is 37.6 Å². The molecule has 2 atom stereocenters. The molecule has 49 heavy (non-hydrogen) atoms. The maximum absolute atomic E-state index is 14.5. The summed E-state index contributed by atoms with van der Waals surface area (Å²) in [4.78, 5) is 45.4. The molecular weight excluding hydrogens is 620 g/mol. The van der Waals surface area contributed by atoms with Crippen LogP contribution in [-0.2, 0) is 35.6 Å². The molecule has 5 aromatic rings. The van der Waals surface area contributed by atoms with Crippen molar-refractivity contribution in [2.45, 2.75) is 38.3 Å². The van der Waals surface area contributed by atoms with Crippen LogP contribution in [0.15, 0.2) is 103 Å². The van der Waals surface area contributed by atoms with Crippen molar-refractivity contribution in [3.05, 3.63) is 126 Å². The van der Waals surface area contributed by atoms with Crippen molar-refractivity contribution in [1.82, 2.24) is 34.9 Å². The van der Waals surface area contributed by atoms with Gasteiger partial charge in [0.25, 0.3) is 0 Å². The van der Waals surface area contributed by atoms with Crippen LogP contribution in [0.25, 0.3) is 10.9 Å². The predicted octanol–water partition coefficient (Wildman–Crippen LogP) is 3.55. The standard InChI is InChI=1S/C37H38N8O4/c1-41-24-34(47)44-32(18-25-12-16-31(46)17-13-25)36(48)42(23-33(44)45(41)37(49)39-19-26-6-3-2-4-7-26)22-29-9-5-8-28-20-40-43(35(28)29)21-27-10-14-30(38)15-11-27/h2-17,20,32-33,46H,18-19,21-24,38H2,1H3,(H,39,49)/t32-,33?/m0/s1. The maximum atomic E-state index is 14.5. The van der Waals surface area contributed by atoms with Crippen LogP contribution in [0.3, 0.4) is 0 Å². The van der Waals surface area contributed by atoms with Crippen LogP contribution in [0.1, 0.15) is 22.3 Å². The fourth-order valence-corrected chi connectivity index (χ4v) is 6.83. The van der Waals surface area contributed by atoms with E-state index in [-0.39, 0.29) is 49.7 Å². The summed E-state index contributed by atoms with van der Waals surface area (Å²) in [5.41, 5.74) is 11.2. The number of anilines is 1. The smallest absolute Gasteiger partial charge is 0.334 e. The van der Waals surface area contributed by atoms with Crippen LogP contribution in [0, 0.1) is 0 Å². The van der Waals surface area contributed by atoms with E-state index in [1.54, 1.807) is 51.1 Å². The molecule has 0 spiro atoms. The van der Waals surface area contributed by atoms with Crippen molar-refractivity contribution in [1.29, 1.82) is 0 Å². The Bertz CT molecular complexity index is 1980. The van der Waals surface area contributed by atoms with Crippen LogP contribution < -0.4 is 11.1 Å². The Morgan fingerprint density at radius 3 is 2.39 bits per heavy atom. The van der Waals surface area contributed by atoms with E-state index in [1.807, 2.05) is 83.7 Å². The third kappa shape index (κ3) is 6.50. The molecule has 0 aliphatic carbocycles. The van der Waals surface area contributed by atoms with Gasteiger partial charge in [0.1, 0.15) is 18.0 Å². The second-order valence-electron chi connectivity index (χ2n) is 12.6. The summed E-state index contributed by atoms with van der Waals surface area (Å²) in [6.45, 7) is 1.13. The molecule has 0 bridgehead atoms. The third-order valence-electron chi connectivity index (χ3n) is 9.22. The van der Waals surface area contributed by atoms with Gasteiger partial charge in [0.05, 0.1) is 31.3 Å². The number of nitrogens with zero attached hydrogens (tertiary/aromatic N) is 6. The SMILES string of the molecule is CN1CC(=O)N2C(CN(Cc3cccc4cnn(Cc5ccc(N)cc5)c34)C(=O)[C@@H]2Cc2ccc(O)cc2)N1C(=O)NCc1ccccc1. The Morgan fingerprint density at radius 1 is 0.898 bits per heavy atom. The molecule has 3 heterocycles. The Hall–Kier alpha value is -5.88. The number of carbonyl (C=O) groups is 3. The van der Waals surface area contributed by atoms with Gasteiger partial charge in [0.15, 0.2) is 0 Å². The number of nitrogens with two attached hydrogens (primary N) is 1. The number of hydrogen-bond acceptors (Lipinski definition) is 7. The molecule has 1 unspecified atom stereocenters. The number of carbonyl (C=O) groups excluding carboxylic acids is 3. The summed E-state index contributed by atoms with van der Waals surface area (Å²) in [6, 6.07) is 28.6. The molecule has 2 fully saturated rings. The number of benzene rings is 4. The molecule has 4 aromatic carbocycles. The van der Waals surface area contributed by atoms with E-state index in [2.05, 4.69) is 10.4 Å². The number of amides is 4. The topological polar surface area (TPSA) is 140 Å². The Morgan fingerprint density at radius 2 is 1.63 bits per heavy atom. The number of nitrogens with one attached hydrogen (secondary N) is 1. The summed E-state index contributed by atoms with van der Waals surface area (Å²) < 4.78 is 1.92. The molecule has 250 valence electrons. The Labute approximate surface area is 283 Å². The molecule has 2 saturated heterocycles. The van der Waals surface area contributed by atoms with Crippen molar-refractivity contribution in [2.24, 2.45) is 0 Å². The van der Waals surface area contributed by atoms with Gasteiger partial charge in [-0.3, -0.25) is 14.3 Å². The fourth-order valence-electron chi connectivity index (χ4n) is 6.83. The van der Waals surface area contributed by atoms with E-state index in [0.717, 1.165) is 33.2 Å². The van der Waals surface area contributed by atoms with Crippen molar-refractivity contribution in [2.75, 3.05) is 25.9 Å². The summed E-state index contributed by atoms with van der Waals surface area (Å²) in [5.74, 6) is -0.340. The van der Waals surface area contributed by atoms with E-state index < -0.39 is 12.2 Å². The highest BCUT2D eigenvalue weighted by Crippen LogP contribution is 2.30. The number of aromatic nitrogens is 2. The number of para-hydroxylation sites is 1. The van der Waals surface area contributed by atoms with Gasteiger partial charge in [-0.25, -0.2) is 14.8 Å². The van der Waals surface area contributed by atoms with Crippen LogP contribution >= 0.6 is 0 Å². The van der Waals surface area contributed by atoms with E-state index in [4.69, 9.17) is 5.73 Å². The molecule has 2 aliphatic heterocycles. The number of hydrazine groups is 1. The Balaban J connectivity index is 1.23. The molecule has 0 radical (unpaired) electrons. The highest BCUT2D eigenvalue weighted by Gasteiger charge is 2.50. The highest BCUT2D eigenvalue weighted by molar-refractivity contribution is 5.92. The quantitative estimate of drug-likeness (QED) is 0.217. The first-order chi connectivity index (χ1) is 23.7. The zero-order valence-electron chi connectivity index (χ0n) is 27.1. The number of phenolic OH excluding ortho intramolecular Hbond substituents is 1. The molecule has 4 amide bonds. The summed E-state index contributed by atoms with van der Waals surface area (Å²) in [7, 11) is 1.71. The van der Waals surface area contributed by atoms with E-state index in [0.29, 0.717) is 18.8 Å². The number of nitrogen functional groups attached to an aromatic ring is 1. The van der Waals surface area contributed by atoms with Gasteiger partial charge >= 0.3 is 6.03 Å². The monoisotopic (exact) mass is 658 g/mol. The summed E-state index contributed by atoms with van der Waals surface area (Å²) in [6.07, 6.45) is 1.29. The lowest BCUT2D eigenvalue weighted by Crippen LogP contribution is -2.76. The molecule has 12 heteroatoms. The largest absolute Gasteiger partial charge is 0.508 e. The van der Waals surface area contributed by atoms with Crippen LogP contribution in [0.2, 0.25) is 0 Å². The molecule has 1 aromatic heterocycles. The lowest BCUT2D eigenvalue weighted by atomic mass is 9.98. The lowest BCUT2D eigenvalue weighted by Gasteiger charge is -2.54. The minimum atomic E-state index is -0.868. The van der Waals surface area contributed by atoms with Gasteiger partial charge < -0.3 is 26.0 Å². The summed E-state index contributed by atoms with van der Waals surface area (Å²) >= 11 is 0. The predicted molar refractivity (Wildman–Crippen MR) is 184 cm³/mol. The van der Waals surface area contributed by atoms with Crippen molar-refractivity contribution in [3.63, 3.8) is 0 Å². The average molecular weight is 659 g/mol. The number of phenols is 1. The van der Waals surface area contributed by atoms with Gasteiger partial charge in [0.2, 0.25) is 11.8 Å². The lowest BCUT2D eigenvalue weighted by molar-refractivity contribution is -0.187. The maximum Gasteiger partial charge on any atom is 0.334 e. The molecular formula is C37H38N8O4. The molecule has 2 aliphatic rings. The van der Waals surface area contributed by atoms with Crippen molar-refractivity contribution in [3.8, 4) is 5.75 Å². The normalized spacial score (nSPS) is 18.2. The van der Waals surface area contributed by atoms with Gasteiger partial charge in [-0.15, -0.1) is 0 Å². The van der Waals surface area contributed by atoms with Crippen LogP contribution in [0.4, 0.5) is 10.5 Å². The number of hydrogen-bond donors (Lipinski definition) is 3. The number of rotatable bonds is 8. The fraction of sp³-hybridized carbons (Fsp3) is 0.243. The van der Waals surface area contributed by atoms with E-state index in [9.17, 15) is 19.5 Å². The molecule has 0 saturated carbocycles. The molecule has 7 rings (SSSR count). The zero-order chi connectivity index (χ0) is 34.1. The first-order valence-electron chi connectivity index (χ1n) is 16.2.